The summed E-state index contributed by atoms with van der Waals surface area (Å²) in [4.78, 5) is 24.5. The molecule has 0 bridgehead atoms. The number of hydrogen-bond acceptors (Lipinski definition) is 6. The molecule has 3 rings (SSSR count). The fourth-order valence-corrected chi connectivity index (χ4v) is 3.43. The van der Waals surface area contributed by atoms with Gasteiger partial charge in [-0.25, -0.2) is 4.79 Å². The summed E-state index contributed by atoms with van der Waals surface area (Å²) in [5, 5.41) is 12.2. The number of halogens is 1. The zero-order valence-corrected chi connectivity index (χ0v) is 21.5. The first kappa shape index (κ1) is 26.5. The van der Waals surface area contributed by atoms with Crippen LogP contribution in [0.1, 0.15) is 35.3 Å². The number of esters is 1. The van der Waals surface area contributed by atoms with E-state index in [1.165, 1.54) is 6.08 Å². The monoisotopic (exact) mass is 548 g/mol. The van der Waals surface area contributed by atoms with Gasteiger partial charge in [-0.2, -0.15) is 5.26 Å². The third-order valence-corrected chi connectivity index (χ3v) is 5.43. The minimum atomic E-state index is -0.574. The van der Waals surface area contributed by atoms with Gasteiger partial charge < -0.3 is 19.5 Å². The summed E-state index contributed by atoms with van der Waals surface area (Å²) < 4.78 is 17.6. The Hall–Kier alpha value is -4.09. The highest BCUT2D eigenvalue weighted by Crippen LogP contribution is 2.30. The Morgan fingerprint density at radius 1 is 0.944 bits per heavy atom. The zero-order chi connectivity index (χ0) is 25.9. The summed E-state index contributed by atoms with van der Waals surface area (Å²) in [6.45, 7) is 4.65. The average Bonchev–Trinajstić information content (AvgIpc) is 2.88. The predicted octanol–water partition coefficient (Wildman–Crippen LogP) is 6.15. The van der Waals surface area contributed by atoms with Crippen molar-refractivity contribution >= 4 is 39.6 Å². The summed E-state index contributed by atoms with van der Waals surface area (Å²) in [6.07, 6.45) is 1.48. The van der Waals surface area contributed by atoms with E-state index in [-0.39, 0.29) is 12.2 Å². The minimum Gasteiger partial charge on any atom is -0.490 e. The van der Waals surface area contributed by atoms with Crippen LogP contribution < -0.4 is 14.8 Å². The number of amides is 1. The standard InChI is InChI=1S/C28H25BrN2O5/c1-3-34-26-16-20(7-14-25(26)36-18-19-5-10-23(29)11-6-19)15-22(17-30)27(32)31-24-12-8-21(9-13-24)28(33)35-4-2/h5-16H,3-4,18H2,1-2H3,(H,31,32)/b22-15+. The third-order valence-electron chi connectivity index (χ3n) is 4.91. The number of anilines is 1. The second-order valence-corrected chi connectivity index (χ2v) is 8.39. The number of rotatable bonds is 10. The Labute approximate surface area is 218 Å². The molecule has 0 aliphatic rings. The van der Waals surface area contributed by atoms with Gasteiger partial charge in [0, 0.05) is 10.2 Å². The van der Waals surface area contributed by atoms with E-state index in [0.29, 0.717) is 41.5 Å². The molecule has 0 aromatic heterocycles. The van der Waals surface area contributed by atoms with Crippen molar-refractivity contribution in [3.8, 4) is 17.6 Å². The Balaban J connectivity index is 1.72. The van der Waals surface area contributed by atoms with Crippen molar-refractivity contribution in [3.05, 3.63) is 93.5 Å². The van der Waals surface area contributed by atoms with E-state index in [0.717, 1.165) is 10.0 Å². The molecule has 0 saturated carbocycles. The van der Waals surface area contributed by atoms with Gasteiger partial charge in [0.15, 0.2) is 11.5 Å². The predicted molar refractivity (Wildman–Crippen MR) is 141 cm³/mol. The quantitative estimate of drug-likeness (QED) is 0.185. The molecule has 0 atom stereocenters. The van der Waals surface area contributed by atoms with Crippen molar-refractivity contribution in [2.75, 3.05) is 18.5 Å². The first-order valence-corrected chi connectivity index (χ1v) is 12.1. The number of nitrogens with one attached hydrogen (secondary N) is 1. The van der Waals surface area contributed by atoms with Crippen LogP contribution in [0.4, 0.5) is 5.69 Å². The molecule has 3 aromatic carbocycles. The van der Waals surface area contributed by atoms with E-state index in [4.69, 9.17) is 14.2 Å². The molecule has 1 N–H and O–H groups in total. The van der Waals surface area contributed by atoms with Crippen LogP contribution >= 0.6 is 15.9 Å². The van der Waals surface area contributed by atoms with Crippen molar-refractivity contribution in [1.82, 2.24) is 0 Å². The van der Waals surface area contributed by atoms with Gasteiger partial charge in [0.1, 0.15) is 18.2 Å². The number of nitriles is 1. The van der Waals surface area contributed by atoms with Crippen LogP contribution in [0.25, 0.3) is 6.08 Å². The molecule has 1 amide bonds. The summed E-state index contributed by atoms with van der Waals surface area (Å²) in [5.41, 5.74) is 2.34. The van der Waals surface area contributed by atoms with Gasteiger partial charge in [0.2, 0.25) is 0 Å². The molecular formula is C28H25BrN2O5. The van der Waals surface area contributed by atoms with Gasteiger partial charge in [-0.15, -0.1) is 0 Å². The lowest BCUT2D eigenvalue weighted by Gasteiger charge is -2.13. The van der Waals surface area contributed by atoms with E-state index in [2.05, 4.69) is 21.2 Å². The van der Waals surface area contributed by atoms with E-state index < -0.39 is 11.9 Å². The Kier molecular flexibility index (Phi) is 9.66. The molecule has 8 heteroatoms. The third kappa shape index (κ3) is 7.45. The van der Waals surface area contributed by atoms with E-state index >= 15 is 0 Å². The molecule has 7 nitrogen and oxygen atoms in total. The lowest BCUT2D eigenvalue weighted by atomic mass is 10.1. The molecule has 0 heterocycles. The van der Waals surface area contributed by atoms with Gasteiger partial charge in [-0.1, -0.05) is 34.1 Å². The smallest absolute Gasteiger partial charge is 0.338 e. The molecule has 0 spiro atoms. The van der Waals surface area contributed by atoms with Gasteiger partial charge >= 0.3 is 5.97 Å². The molecule has 0 saturated heterocycles. The average molecular weight is 549 g/mol. The van der Waals surface area contributed by atoms with E-state index in [1.54, 1.807) is 49.4 Å². The number of nitrogens with zero attached hydrogens (tertiary/aromatic N) is 1. The molecule has 3 aromatic rings. The van der Waals surface area contributed by atoms with Crippen molar-refractivity contribution in [2.45, 2.75) is 20.5 Å². The fraction of sp³-hybridized carbons (Fsp3) is 0.179. The van der Waals surface area contributed by atoms with Crippen LogP contribution in [-0.2, 0) is 16.1 Å². The van der Waals surface area contributed by atoms with Gasteiger partial charge in [0.25, 0.3) is 5.91 Å². The summed E-state index contributed by atoms with van der Waals surface area (Å²) in [5.74, 6) is 0.0504. The molecular weight excluding hydrogens is 524 g/mol. The highest BCUT2D eigenvalue weighted by Gasteiger charge is 2.13. The highest BCUT2D eigenvalue weighted by molar-refractivity contribution is 9.10. The lowest BCUT2D eigenvalue weighted by molar-refractivity contribution is -0.112. The first-order valence-electron chi connectivity index (χ1n) is 11.3. The second kappa shape index (κ2) is 13.1. The van der Waals surface area contributed by atoms with Crippen LogP contribution in [0.5, 0.6) is 11.5 Å². The minimum absolute atomic E-state index is 0.0875. The number of hydrogen-bond donors (Lipinski definition) is 1. The fourth-order valence-electron chi connectivity index (χ4n) is 3.16. The Morgan fingerprint density at radius 2 is 1.67 bits per heavy atom. The lowest BCUT2D eigenvalue weighted by Crippen LogP contribution is -2.13. The van der Waals surface area contributed by atoms with Crippen LogP contribution in [-0.4, -0.2) is 25.1 Å². The van der Waals surface area contributed by atoms with Crippen LogP contribution in [0.2, 0.25) is 0 Å². The maximum atomic E-state index is 12.7. The van der Waals surface area contributed by atoms with Crippen LogP contribution in [0.3, 0.4) is 0 Å². The Bertz CT molecular complexity index is 1280. The SMILES string of the molecule is CCOC(=O)c1ccc(NC(=O)/C(C#N)=C/c2ccc(OCc3ccc(Br)cc3)c(OCC)c2)cc1. The highest BCUT2D eigenvalue weighted by atomic mass is 79.9. The maximum absolute atomic E-state index is 12.7. The molecule has 0 fully saturated rings. The van der Waals surface area contributed by atoms with Crippen molar-refractivity contribution in [3.63, 3.8) is 0 Å². The summed E-state index contributed by atoms with van der Waals surface area (Å²) >= 11 is 3.41. The largest absolute Gasteiger partial charge is 0.490 e. The molecule has 0 aliphatic carbocycles. The molecule has 0 unspecified atom stereocenters. The van der Waals surface area contributed by atoms with E-state index in [1.807, 2.05) is 37.3 Å². The zero-order valence-electron chi connectivity index (χ0n) is 19.9. The molecule has 36 heavy (non-hydrogen) atoms. The van der Waals surface area contributed by atoms with Crippen LogP contribution in [0.15, 0.2) is 76.8 Å². The van der Waals surface area contributed by atoms with Gasteiger partial charge in [-0.05, 0) is 79.6 Å². The number of carbonyl (C=O) groups excluding carboxylic acids is 2. The van der Waals surface area contributed by atoms with Crippen molar-refractivity contribution < 1.29 is 23.8 Å². The molecule has 0 radical (unpaired) electrons. The Morgan fingerprint density at radius 3 is 2.31 bits per heavy atom. The van der Waals surface area contributed by atoms with Crippen LogP contribution in [0, 0.1) is 11.3 Å². The maximum Gasteiger partial charge on any atom is 0.338 e. The molecule has 184 valence electrons. The summed E-state index contributed by atoms with van der Waals surface area (Å²) in [7, 11) is 0. The van der Waals surface area contributed by atoms with Crippen molar-refractivity contribution in [1.29, 1.82) is 5.26 Å². The number of carbonyl (C=O) groups is 2. The van der Waals surface area contributed by atoms with Gasteiger partial charge in [-0.3, -0.25) is 4.79 Å². The first-order chi connectivity index (χ1) is 17.4. The number of benzene rings is 3. The van der Waals surface area contributed by atoms with Crippen molar-refractivity contribution in [2.24, 2.45) is 0 Å². The van der Waals surface area contributed by atoms with E-state index in [9.17, 15) is 14.9 Å². The summed E-state index contributed by atoms with van der Waals surface area (Å²) in [6, 6.07) is 21.2. The second-order valence-electron chi connectivity index (χ2n) is 7.48. The van der Waals surface area contributed by atoms with Gasteiger partial charge in [0.05, 0.1) is 18.8 Å². The normalized spacial score (nSPS) is 10.8. The molecule has 0 aliphatic heterocycles. The topological polar surface area (TPSA) is 97.7 Å². The number of ether oxygens (including phenoxy) is 3.